The molecule has 4 nitrogen and oxygen atoms in total. The zero-order valence-electron chi connectivity index (χ0n) is 15.0. The summed E-state index contributed by atoms with van der Waals surface area (Å²) in [6, 6.07) is 17.9. The van der Waals surface area contributed by atoms with Gasteiger partial charge in [-0.15, -0.1) is 0 Å². The second-order valence-corrected chi connectivity index (χ2v) is 6.72. The first-order chi connectivity index (χ1) is 12.2. The molecule has 1 N–H and O–H groups in total. The van der Waals surface area contributed by atoms with E-state index in [1.165, 1.54) is 5.56 Å². The van der Waals surface area contributed by atoms with E-state index in [9.17, 15) is 5.11 Å². The van der Waals surface area contributed by atoms with Gasteiger partial charge in [0.05, 0.1) is 7.11 Å². The highest BCUT2D eigenvalue weighted by molar-refractivity contribution is 5.28. The molecule has 0 bridgehead atoms. The van der Waals surface area contributed by atoms with E-state index in [2.05, 4.69) is 18.0 Å². The van der Waals surface area contributed by atoms with Crippen LogP contribution in [0.5, 0.6) is 11.5 Å². The first kappa shape index (κ1) is 17.8. The molecule has 0 aromatic heterocycles. The van der Waals surface area contributed by atoms with Crippen molar-refractivity contribution in [2.45, 2.75) is 44.1 Å². The summed E-state index contributed by atoms with van der Waals surface area (Å²) in [5.41, 5.74) is 1.18. The van der Waals surface area contributed by atoms with Crippen LogP contribution in [0, 0.1) is 0 Å². The summed E-state index contributed by atoms with van der Waals surface area (Å²) in [5.74, 6) is 1.68. The Balaban J connectivity index is 1.64. The Labute approximate surface area is 150 Å². The summed E-state index contributed by atoms with van der Waals surface area (Å²) in [5, 5.41) is 10.8. The summed E-state index contributed by atoms with van der Waals surface area (Å²) in [7, 11) is 3.75. The summed E-state index contributed by atoms with van der Waals surface area (Å²) in [6.07, 6.45) is 2.27. The van der Waals surface area contributed by atoms with E-state index in [-0.39, 0.29) is 12.1 Å². The second kappa shape index (κ2) is 8.37. The van der Waals surface area contributed by atoms with Gasteiger partial charge in [-0.25, -0.2) is 0 Å². The standard InChI is InChI=1S/C21H27NO3/c1-22(15-16-8-6-11-18(14-16)24-2)19-12-7-13-20(21(19)23)25-17-9-4-3-5-10-17/h3-6,8-11,14,19-21,23H,7,12-13,15H2,1-2H3/t19-,20+,21+/m1/s1. The molecule has 0 radical (unpaired) electrons. The molecule has 1 aliphatic carbocycles. The molecule has 0 aliphatic heterocycles. The third kappa shape index (κ3) is 4.53. The van der Waals surface area contributed by atoms with Crippen LogP contribution in [-0.4, -0.2) is 42.4 Å². The molecule has 1 saturated carbocycles. The van der Waals surface area contributed by atoms with Crippen molar-refractivity contribution in [1.29, 1.82) is 0 Å². The molecule has 0 amide bonds. The lowest BCUT2D eigenvalue weighted by molar-refractivity contribution is -0.0491. The monoisotopic (exact) mass is 341 g/mol. The van der Waals surface area contributed by atoms with Crippen molar-refractivity contribution in [2.24, 2.45) is 0 Å². The summed E-state index contributed by atoms with van der Waals surface area (Å²) >= 11 is 0. The average Bonchev–Trinajstić information content (AvgIpc) is 2.64. The van der Waals surface area contributed by atoms with Crippen LogP contribution in [0.4, 0.5) is 0 Å². The van der Waals surface area contributed by atoms with E-state index < -0.39 is 6.10 Å². The number of ether oxygens (including phenoxy) is 2. The number of rotatable bonds is 6. The predicted octanol–water partition coefficient (Wildman–Crippen LogP) is 3.49. The lowest BCUT2D eigenvalue weighted by atomic mass is 9.88. The fraction of sp³-hybridized carbons (Fsp3) is 0.429. The van der Waals surface area contributed by atoms with Gasteiger partial charge in [0.2, 0.25) is 0 Å². The highest BCUT2D eigenvalue weighted by Gasteiger charge is 2.35. The van der Waals surface area contributed by atoms with Gasteiger partial charge >= 0.3 is 0 Å². The number of aliphatic hydroxyl groups is 1. The SMILES string of the molecule is COc1cccc(CN(C)[C@@H]2CCC[C@H](Oc3ccccc3)[C@H]2O)c1. The molecule has 2 aromatic rings. The highest BCUT2D eigenvalue weighted by Crippen LogP contribution is 2.28. The van der Waals surface area contributed by atoms with Crippen LogP contribution in [0.15, 0.2) is 54.6 Å². The van der Waals surface area contributed by atoms with Gasteiger partial charge in [-0.05, 0) is 56.1 Å². The molecule has 3 rings (SSSR count). The van der Waals surface area contributed by atoms with Gasteiger partial charge in [0, 0.05) is 12.6 Å². The average molecular weight is 341 g/mol. The van der Waals surface area contributed by atoms with Crippen LogP contribution in [0.3, 0.4) is 0 Å². The summed E-state index contributed by atoms with van der Waals surface area (Å²) < 4.78 is 11.3. The van der Waals surface area contributed by atoms with Crippen LogP contribution in [0.25, 0.3) is 0 Å². The number of likely N-dealkylation sites (N-methyl/N-ethyl adjacent to an activating group) is 1. The Morgan fingerprint density at radius 2 is 1.80 bits per heavy atom. The molecule has 3 atom stereocenters. The van der Waals surface area contributed by atoms with Crippen LogP contribution in [-0.2, 0) is 6.54 Å². The molecular weight excluding hydrogens is 314 g/mol. The molecule has 1 fully saturated rings. The van der Waals surface area contributed by atoms with Crippen molar-refractivity contribution in [3.05, 3.63) is 60.2 Å². The summed E-state index contributed by atoms with van der Waals surface area (Å²) in [4.78, 5) is 2.22. The molecule has 4 heteroatoms. The van der Waals surface area contributed by atoms with Gasteiger partial charge in [0.15, 0.2) is 0 Å². The largest absolute Gasteiger partial charge is 0.497 e. The maximum atomic E-state index is 10.8. The molecule has 2 aromatic carbocycles. The topological polar surface area (TPSA) is 41.9 Å². The lowest BCUT2D eigenvalue weighted by Gasteiger charge is -2.39. The van der Waals surface area contributed by atoms with Crippen molar-refractivity contribution < 1.29 is 14.6 Å². The van der Waals surface area contributed by atoms with Crippen LogP contribution >= 0.6 is 0 Å². The Hall–Kier alpha value is -2.04. The van der Waals surface area contributed by atoms with Crippen LogP contribution < -0.4 is 9.47 Å². The molecule has 0 heterocycles. The molecule has 1 aliphatic rings. The maximum absolute atomic E-state index is 10.8. The number of hydrogen-bond donors (Lipinski definition) is 1. The van der Waals surface area contributed by atoms with E-state index in [1.807, 2.05) is 48.5 Å². The van der Waals surface area contributed by atoms with E-state index in [4.69, 9.17) is 9.47 Å². The van der Waals surface area contributed by atoms with Crippen molar-refractivity contribution in [1.82, 2.24) is 4.90 Å². The number of aliphatic hydroxyl groups excluding tert-OH is 1. The summed E-state index contributed by atoms with van der Waals surface area (Å²) in [6.45, 7) is 0.775. The maximum Gasteiger partial charge on any atom is 0.126 e. The van der Waals surface area contributed by atoms with Gasteiger partial charge in [0.25, 0.3) is 0 Å². The number of hydrogen-bond acceptors (Lipinski definition) is 4. The normalized spacial score (nSPS) is 23.4. The fourth-order valence-electron chi connectivity index (χ4n) is 3.58. The third-order valence-corrected chi connectivity index (χ3v) is 4.93. The van der Waals surface area contributed by atoms with Crippen LogP contribution in [0.1, 0.15) is 24.8 Å². The Morgan fingerprint density at radius 3 is 2.56 bits per heavy atom. The molecule has 0 unspecified atom stereocenters. The highest BCUT2D eigenvalue weighted by atomic mass is 16.5. The van der Waals surface area contributed by atoms with E-state index in [0.717, 1.165) is 37.3 Å². The van der Waals surface area contributed by atoms with Crippen molar-refractivity contribution in [3.8, 4) is 11.5 Å². The molecule has 0 saturated heterocycles. The van der Waals surface area contributed by atoms with E-state index in [0.29, 0.717) is 0 Å². The van der Waals surface area contributed by atoms with Gasteiger partial charge in [-0.2, -0.15) is 0 Å². The van der Waals surface area contributed by atoms with Crippen molar-refractivity contribution >= 4 is 0 Å². The predicted molar refractivity (Wildman–Crippen MR) is 99.0 cm³/mol. The number of methoxy groups -OCH3 is 1. The van der Waals surface area contributed by atoms with Crippen LogP contribution in [0.2, 0.25) is 0 Å². The van der Waals surface area contributed by atoms with Crippen molar-refractivity contribution in [3.63, 3.8) is 0 Å². The molecular formula is C21H27NO3. The fourth-order valence-corrected chi connectivity index (χ4v) is 3.58. The van der Waals surface area contributed by atoms with E-state index >= 15 is 0 Å². The minimum atomic E-state index is -0.496. The van der Waals surface area contributed by atoms with Gasteiger partial charge in [0.1, 0.15) is 23.7 Å². The first-order valence-electron chi connectivity index (χ1n) is 8.90. The second-order valence-electron chi connectivity index (χ2n) is 6.72. The lowest BCUT2D eigenvalue weighted by Crippen LogP contribution is -2.51. The minimum absolute atomic E-state index is 0.0914. The van der Waals surface area contributed by atoms with Crippen molar-refractivity contribution in [2.75, 3.05) is 14.2 Å². The number of nitrogens with zero attached hydrogens (tertiary/aromatic N) is 1. The molecule has 134 valence electrons. The number of benzene rings is 2. The zero-order chi connectivity index (χ0) is 17.6. The molecule has 25 heavy (non-hydrogen) atoms. The van der Waals surface area contributed by atoms with Gasteiger partial charge in [-0.3, -0.25) is 4.90 Å². The zero-order valence-corrected chi connectivity index (χ0v) is 15.0. The molecule has 0 spiro atoms. The van der Waals surface area contributed by atoms with Gasteiger partial charge < -0.3 is 14.6 Å². The Kier molecular flexibility index (Phi) is 5.95. The third-order valence-electron chi connectivity index (χ3n) is 4.93. The Bertz CT molecular complexity index is 661. The van der Waals surface area contributed by atoms with E-state index in [1.54, 1.807) is 7.11 Å². The Morgan fingerprint density at radius 1 is 1.04 bits per heavy atom. The first-order valence-corrected chi connectivity index (χ1v) is 8.90. The number of para-hydroxylation sites is 1. The quantitative estimate of drug-likeness (QED) is 0.873. The smallest absolute Gasteiger partial charge is 0.126 e. The van der Waals surface area contributed by atoms with Gasteiger partial charge in [-0.1, -0.05) is 30.3 Å². The minimum Gasteiger partial charge on any atom is -0.497 e.